The molecule has 1 aromatic carbocycles. The van der Waals surface area contributed by atoms with Gasteiger partial charge in [-0.25, -0.2) is 4.98 Å². The van der Waals surface area contributed by atoms with Gasteiger partial charge in [-0.05, 0) is 23.8 Å². The molecule has 0 saturated carbocycles. The molecule has 2 fully saturated rings. The van der Waals surface area contributed by atoms with Gasteiger partial charge in [0.2, 0.25) is 5.91 Å². The number of benzene rings is 1. The highest BCUT2D eigenvalue weighted by atomic mass is 35.5. The molecule has 29 heavy (non-hydrogen) atoms. The van der Waals surface area contributed by atoms with E-state index in [1.54, 1.807) is 12.3 Å². The zero-order valence-corrected chi connectivity index (χ0v) is 17.5. The van der Waals surface area contributed by atoms with Crippen LogP contribution in [0.4, 0.5) is 11.5 Å². The molecule has 2 aliphatic rings. The summed E-state index contributed by atoms with van der Waals surface area (Å²) in [5.41, 5.74) is 7.80. The second-order valence-corrected chi connectivity index (χ2v) is 8.20. The van der Waals surface area contributed by atoms with Crippen molar-refractivity contribution in [3.8, 4) is 0 Å². The van der Waals surface area contributed by atoms with E-state index >= 15 is 0 Å². The van der Waals surface area contributed by atoms with E-state index in [-0.39, 0.29) is 18.0 Å². The Kier molecular flexibility index (Phi) is 6.10. The van der Waals surface area contributed by atoms with E-state index in [0.717, 1.165) is 18.7 Å². The maximum absolute atomic E-state index is 13.1. The molecular formula is C20H24Cl2N6O. The van der Waals surface area contributed by atoms with E-state index in [9.17, 15) is 4.79 Å². The van der Waals surface area contributed by atoms with Gasteiger partial charge in [-0.1, -0.05) is 35.3 Å². The summed E-state index contributed by atoms with van der Waals surface area (Å²) < 4.78 is 0. The van der Waals surface area contributed by atoms with Crippen molar-refractivity contribution >= 4 is 40.6 Å². The van der Waals surface area contributed by atoms with Crippen LogP contribution in [-0.4, -0.2) is 61.1 Å². The fourth-order valence-electron chi connectivity index (χ4n) is 3.94. The molecule has 2 unspecified atom stereocenters. The van der Waals surface area contributed by atoms with Crippen molar-refractivity contribution in [2.45, 2.75) is 12.1 Å². The van der Waals surface area contributed by atoms with Crippen LogP contribution in [0.1, 0.15) is 11.6 Å². The molecule has 0 spiro atoms. The zero-order chi connectivity index (χ0) is 20.4. The Morgan fingerprint density at radius 2 is 1.93 bits per heavy atom. The number of carbonyl (C=O) groups is 1. The van der Waals surface area contributed by atoms with Gasteiger partial charge in [-0.15, -0.1) is 0 Å². The Hall–Kier alpha value is -2.06. The Morgan fingerprint density at radius 1 is 1.14 bits per heavy atom. The summed E-state index contributed by atoms with van der Waals surface area (Å²) in [6, 6.07) is 9.12. The van der Waals surface area contributed by atoms with Crippen LogP contribution in [-0.2, 0) is 4.79 Å². The van der Waals surface area contributed by atoms with Gasteiger partial charge in [0.25, 0.3) is 0 Å². The number of hydrogen-bond acceptors (Lipinski definition) is 6. The number of aromatic nitrogens is 1. The molecule has 4 rings (SSSR count). The van der Waals surface area contributed by atoms with Gasteiger partial charge in [-0.2, -0.15) is 0 Å². The molecule has 0 radical (unpaired) electrons. The average molecular weight is 435 g/mol. The van der Waals surface area contributed by atoms with Gasteiger partial charge in [0.1, 0.15) is 0 Å². The average Bonchev–Trinajstić information content (AvgIpc) is 2.74. The molecular weight excluding hydrogens is 411 g/mol. The van der Waals surface area contributed by atoms with E-state index < -0.39 is 0 Å². The number of halogens is 2. The van der Waals surface area contributed by atoms with Crippen LogP contribution in [0.15, 0.2) is 36.5 Å². The highest BCUT2D eigenvalue weighted by Gasteiger charge is 2.35. The zero-order valence-electron chi connectivity index (χ0n) is 15.9. The molecule has 2 aromatic rings. The third-order valence-corrected chi connectivity index (χ3v) is 5.88. The van der Waals surface area contributed by atoms with Crippen molar-refractivity contribution in [1.29, 1.82) is 0 Å². The van der Waals surface area contributed by atoms with Crippen LogP contribution >= 0.6 is 23.2 Å². The number of rotatable bonds is 3. The lowest BCUT2D eigenvalue weighted by Gasteiger charge is -2.44. The molecule has 7 nitrogen and oxygen atoms in total. The molecule has 4 N–H and O–H groups in total. The number of nitrogens with zero attached hydrogens (tertiary/aromatic N) is 3. The molecule has 1 aromatic heterocycles. The number of piperazine rings is 2. The van der Waals surface area contributed by atoms with Gasteiger partial charge >= 0.3 is 0 Å². The van der Waals surface area contributed by atoms with Gasteiger partial charge in [0.15, 0.2) is 5.82 Å². The fourth-order valence-corrected chi connectivity index (χ4v) is 4.24. The van der Waals surface area contributed by atoms with Gasteiger partial charge in [0.05, 0.1) is 22.8 Å². The summed E-state index contributed by atoms with van der Waals surface area (Å²) >= 11 is 12.1. The third kappa shape index (κ3) is 4.43. The van der Waals surface area contributed by atoms with Crippen molar-refractivity contribution in [3.63, 3.8) is 0 Å². The van der Waals surface area contributed by atoms with E-state index in [0.29, 0.717) is 47.7 Å². The largest absolute Gasteiger partial charge is 0.396 e. The smallest absolute Gasteiger partial charge is 0.241 e. The van der Waals surface area contributed by atoms with Crippen molar-refractivity contribution < 1.29 is 4.79 Å². The number of hydrogen-bond donors (Lipinski definition) is 3. The number of amides is 1. The third-order valence-electron chi connectivity index (χ3n) is 5.42. The molecule has 2 atom stereocenters. The van der Waals surface area contributed by atoms with Crippen molar-refractivity contribution in [2.24, 2.45) is 0 Å². The second-order valence-electron chi connectivity index (χ2n) is 7.32. The van der Waals surface area contributed by atoms with Gasteiger partial charge < -0.3 is 26.2 Å². The predicted octanol–water partition coefficient (Wildman–Crippen LogP) is 1.92. The standard InChI is InChI=1S/C20H24Cl2N6O/c21-14-3-1-13(2-4-14)18-12-27(20(29)17-11-24-5-6-25-17)7-8-28(18)19-16(23)9-15(22)10-26-19/h1-4,9-10,17-18,24-25H,5-8,11-12,23H2. The topological polar surface area (TPSA) is 86.5 Å². The molecule has 1 amide bonds. The Morgan fingerprint density at radius 3 is 2.62 bits per heavy atom. The van der Waals surface area contributed by atoms with Gasteiger partial charge in [-0.3, -0.25) is 4.79 Å². The Labute approximate surface area is 180 Å². The Bertz CT molecular complexity index is 872. The van der Waals surface area contributed by atoms with Crippen molar-refractivity contribution in [3.05, 3.63) is 52.1 Å². The summed E-state index contributed by atoms with van der Waals surface area (Å²) in [5, 5.41) is 7.75. The first kappa shape index (κ1) is 20.2. The van der Waals surface area contributed by atoms with E-state index in [2.05, 4.69) is 20.5 Å². The highest BCUT2D eigenvalue weighted by Crippen LogP contribution is 2.34. The number of anilines is 2. The lowest BCUT2D eigenvalue weighted by Crippen LogP contribution is -2.60. The van der Waals surface area contributed by atoms with Crippen LogP contribution in [0.5, 0.6) is 0 Å². The summed E-state index contributed by atoms with van der Waals surface area (Å²) in [4.78, 5) is 21.6. The van der Waals surface area contributed by atoms with E-state index in [4.69, 9.17) is 28.9 Å². The highest BCUT2D eigenvalue weighted by molar-refractivity contribution is 6.31. The van der Waals surface area contributed by atoms with E-state index in [1.807, 2.05) is 29.2 Å². The molecule has 0 bridgehead atoms. The van der Waals surface area contributed by atoms with Crippen LogP contribution in [0.25, 0.3) is 0 Å². The lowest BCUT2D eigenvalue weighted by molar-refractivity contribution is -0.134. The van der Waals surface area contributed by atoms with Crippen LogP contribution < -0.4 is 21.3 Å². The minimum absolute atomic E-state index is 0.0857. The first-order chi connectivity index (χ1) is 14.0. The molecule has 2 saturated heterocycles. The summed E-state index contributed by atoms with van der Waals surface area (Å²) in [5.74, 6) is 0.798. The maximum atomic E-state index is 13.1. The van der Waals surface area contributed by atoms with Gasteiger partial charge in [0, 0.05) is 50.5 Å². The Balaban J connectivity index is 1.62. The molecule has 9 heteroatoms. The number of nitrogens with one attached hydrogen (secondary N) is 2. The second kappa shape index (κ2) is 8.75. The predicted molar refractivity (Wildman–Crippen MR) is 116 cm³/mol. The minimum Gasteiger partial charge on any atom is -0.396 e. The number of carbonyl (C=O) groups excluding carboxylic acids is 1. The van der Waals surface area contributed by atoms with Crippen LogP contribution in [0.2, 0.25) is 10.0 Å². The minimum atomic E-state index is -0.195. The molecule has 3 heterocycles. The maximum Gasteiger partial charge on any atom is 0.241 e. The van der Waals surface area contributed by atoms with Crippen LogP contribution in [0, 0.1) is 0 Å². The fraction of sp³-hybridized carbons (Fsp3) is 0.400. The number of nitrogens with two attached hydrogens (primary N) is 1. The SMILES string of the molecule is Nc1cc(Cl)cnc1N1CCN(C(=O)C2CNCCN2)CC1c1ccc(Cl)cc1. The van der Waals surface area contributed by atoms with E-state index in [1.165, 1.54) is 0 Å². The first-order valence-electron chi connectivity index (χ1n) is 9.69. The van der Waals surface area contributed by atoms with Crippen molar-refractivity contribution in [2.75, 3.05) is 49.9 Å². The quantitative estimate of drug-likeness (QED) is 0.683. The van der Waals surface area contributed by atoms with Crippen molar-refractivity contribution in [1.82, 2.24) is 20.5 Å². The molecule has 154 valence electrons. The summed E-state index contributed by atoms with van der Waals surface area (Å²) in [7, 11) is 0. The van der Waals surface area contributed by atoms with Crippen LogP contribution in [0.3, 0.4) is 0 Å². The summed E-state index contributed by atoms with van der Waals surface area (Å²) in [6.07, 6.45) is 1.60. The lowest BCUT2D eigenvalue weighted by atomic mass is 10.0. The first-order valence-corrected chi connectivity index (χ1v) is 10.4. The summed E-state index contributed by atoms with van der Waals surface area (Å²) in [6.45, 7) is 4.09. The number of pyridine rings is 1. The molecule has 2 aliphatic heterocycles. The normalized spacial score (nSPS) is 22.6. The monoisotopic (exact) mass is 434 g/mol. The molecule has 0 aliphatic carbocycles. The number of nitrogen functional groups attached to an aromatic ring is 1.